The molecule has 0 spiro atoms. The minimum Gasteiger partial charge on any atom is -0.335 e. The van der Waals surface area contributed by atoms with E-state index in [9.17, 15) is 13.2 Å². The van der Waals surface area contributed by atoms with Gasteiger partial charge in [-0.3, -0.25) is 9.78 Å². The van der Waals surface area contributed by atoms with Crippen LogP contribution in [0.3, 0.4) is 0 Å². The Morgan fingerprint density at radius 2 is 1.83 bits per heavy atom. The first kappa shape index (κ1) is 21.2. The molecule has 1 aromatic heterocycles. The second-order valence-corrected chi connectivity index (χ2v) is 9.81. The maximum absolute atomic E-state index is 13.0. The molecular formula is C20H24ClN5O3S. The maximum atomic E-state index is 13.0. The van der Waals surface area contributed by atoms with Gasteiger partial charge in [0.25, 0.3) is 5.91 Å². The summed E-state index contributed by atoms with van der Waals surface area (Å²) in [5.74, 6) is -0.364. The highest BCUT2D eigenvalue weighted by Gasteiger charge is 2.30. The zero-order valence-electron chi connectivity index (χ0n) is 16.3. The molecule has 8 nitrogen and oxygen atoms in total. The number of halogens is 1. The van der Waals surface area contributed by atoms with Crippen LogP contribution >= 0.6 is 11.6 Å². The van der Waals surface area contributed by atoms with Crippen LogP contribution in [-0.4, -0.2) is 42.9 Å². The molecule has 0 aliphatic carbocycles. The van der Waals surface area contributed by atoms with Gasteiger partial charge in [0.15, 0.2) is 0 Å². The Balaban J connectivity index is 1.47. The largest absolute Gasteiger partial charge is 0.335 e. The Bertz CT molecular complexity index is 1010. The number of sulfonamides is 1. The van der Waals surface area contributed by atoms with Gasteiger partial charge in [0, 0.05) is 43.5 Å². The fraction of sp³-hybridized carbons (Fsp3) is 0.400. The number of carbonyl (C=O) groups is 1. The third-order valence-corrected chi connectivity index (χ3v) is 7.82. The van der Waals surface area contributed by atoms with E-state index in [0.29, 0.717) is 19.5 Å². The van der Waals surface area contributed by atoms with E-state index in [0.717, 1.165) is 24.8 Å². The lowest BCUT2D eigenvalue weighted by atomic mass is 10.1. The van der Waals surface area contributed by atoms with Gasteiger partial charge in [0.05, 0.1) is 11.2 Å². The molecule has 1 amide bonds. The second-order valence-electron chi connectivity index (χ2n) is 7.49. The van der Waals surface area contributed by atoms with Crippen molar-refractivity contribution in [3.05, 3.63) is 58.9 Å². The fourth-order valence-electron chi connectivity index (χ4n) is 3.79. The quantitative estimate of drug-likeness (QED) is 0.646. The molecule has 1 aromatic carbocycles. The van der Waals surface area contributed by atoms with E-state index in [2.05, 4.69) is 21.2 Å². The van der Waals surface area contributed by atoms with Crippen LogP contribution in [0.1, 0.15) is 47.6 Å². The van der Waals surface area contributed by atoms with Crippen molar-refractivity contribution in [2.75, 3.05) is 13.1 Å². The summed E-state index contributed by atoms with van der Waals surface area (Å²) in [7, 11) is -3.73. The Morgan fingerprint density at radius 3 is 2.57 bits per heavy atom. The third kappa shape index (κ3) is 4.50. The highest BCUT2D eigenvalue weighted by atomic mass is 35.5. The number of hydrazine groups is 1. The van der Waals surface area contributed by atoms with E-state index in [1.165, 1.54) is 22.5 Å². The molecule has 2 saturated heterocycles. The van der Waals surface area contributed by atoms with Gasteiger partial charge < -0.3 is 5.32 Å². The van der Waals surface area contributed by atoms with Gasteiger partial charge >= 0.3 is 0 Å². The molecule has 0 saturated carbocycles. The van der Waals surface area contributed by atoms with Gasteiger partial charge in [-0.15, -0.1) is 0 Å². The van der Waals surface area contributed by atoms with Crippen molar-refractivity contribution in [1.29, 1.82) is 0 Å². The van der Waals surface area contributed by atoms with Crippen LogP contribution in [0.25, 0.3) is 0 Å². The summed E-state index contributed by atoms with van der Waals surface area (Å²) < 4.78 is 27.5. The first-order valence-corrected chi connectivity index (χ1v) is 11.8. The average molecular weight is 450 g/mol. The molecular weight excluding hydrogens is 426 g/mol. The van der Waals surface area contributed by atoms with Crippen LogP contribution < -0.4 is 16.2 Å². The number of hydrogen-bond acceptors (Lipinski definition) is 6. The Morgan fingerprint density at radius 1 is 1.10 bits per heavy atom. The number of hydrogen-bond donors (Lipinski definition) is 3. The van der Waals surface area contributed by atoms with Crippen molar-refractivity contribution < 1.29 is 13.2 Å². The van der Waals surface area contributed by atoms with Crippen molar-refractivity contribution in [3.63, 3.8) is 0 Å². The van der Waals surface area contributed by atoms with E-state index >= 15 is 0 Å². The van der Waals surface area contributed by atoms with E-state index in [1.807, 2.05) is 12.1 Å². The lowest BCUT2D eigenvalue weighted by Crippen LogP contribution is -2.44. The lowest BCUT2D eigenvalue weighted by Gasteiger charge is -2.26. The molecule has 30 heavy (non-hydrogen) atoms. The van der Waals surface area contributed by atoms with Crippen molar-refractivity contribution in [2.45, 2.75) is 42.8 Å². The normalized spacial score (nSPS) is 22.7. The number of benzene rings is 1. The number of nitrogens with one attached hydrogen (secondary N) is 3. The fourth-order valence-corrected chi connectivity index (χ4v) is 5.81. The Hall–Kier alpha value is -2.04. The van der Waals surface area contributed by atoms with Crippen LogP contribution in [0.4, 0.5) is 0 Å². The van der Waals surface area contributed by atoms with Gasteiger partial charge in [-0.25, -0.2) is 19.3 Å². The van der Waals surface area contributed by atoms with Crippen molar-refractivity contribution >= 4 is 27.5 Å². The van der Waals surface area contributed by atoms with E-state index in [-0.39, 0.29) is 33.6 Å². The number of pyridine rings is 1. The lowest BCUT2D eigenvalue weighted by molar-refractivity contribution is 0.0932. The SMILES string of the molecule is O=C(NC1CC(c2ccncc2)NN1)c1ccc(Cl)c(S(=O)(=O)N2CCCCC2)c1. The number of rotatable bonds is 5. The van der Waals surface area contributed by atoms with Crippen molar-refractivity contribution in [1.82, 2.24) is 25.5 Å². The number of carbonyl (C=O) groups excluding carboxylic acids is 1. The van der Waals surface area contributed by atoms with Gasteiger partial charge in [-0.2, -0.15) is 4.31 Å². The molecule has 2 aromatic rings. The molecule has 2 aliphatic heterocycles. The molecule has 3 N–H and O–H groups in total. The Labute approximate surface area is 181 Å². The van der Waals surface area contributed by atoms with Gasteiger partial charge in [0.1, 0.15) is 4.90 Å². The Kier molecular flexibility index (Phi) is 6.35. The highest BCUT2D eigenvalue weighted by Crippen LogP contribution is 2.28. The summed E-state index contributed by atoms with van der Waals surface area (Å²) in [6.07, 6.45) is 6.47. The van der Waals surface area contributed by atoms with Gasteiger partial charge in [0.2, 0.25) is 10.0 Å². The molecule has 0 radical (unpaired) electrons. The summed E-state index contributed by atoms with van der Waals surface area (Å²) in [5, 5.41) is 3.01. The number of piperidine rings is 1. The van der Waals surface area contributed by atoms with E-state index in [1.54, 1.807) is 12.4 Å². The molecule has 0 bridgehead atoms. The molecule has 2 atom stereocenters. The smallest absolute Gasteiger partial charge is 0.252 e. The highest BCUT2D eigenvalue weighted by molar-refractivity contribution is 7.89. The summed E-state index contributed by atoms with van der Waals surface area (Å²) in [6, 6.07) is 8.24. The molecule has 2 fully saturated rings. The second kappa shape index (κ2) is 8.99. The minimum atomic E-state index is -3.73. The van der Waals surface area contributed by atoms with Crippen LogP contribution in [0, 0.1) is 0 Å². The molecule has 3 heterocycles. The summed E-state index contributed by atoms with van der Waals surface area (Å²) in [4.78, 5) is 16.8. The zero-order valence-corrected chi connectivity index (χ0v) is 17.9. The number of amides is 1. The molecule has 2 aliphatic rings. The predicted octanol–water partition coefficient (Wildman–Crippen LogP) is 2.20. The van der Waals surface area contributed by atoms with Crippen LogP contribution in [0.15, 0.2) is 47.6 Å². The van der Waals surface area contributed by atoms with E-state index in [4.69, 9.17) is 11.6 Å². The third-order valence-electron chi connectivity index (χ3n) is 5.44. The molecule has 160 valence electrons. The standard InChI is InChI=1S/C20H24ClN5O3S/c21-16-5-4-15(12-18(16)30(28,29)26-10-2-1-3-11-26)20(27)23-19-13-17(24-25-19)14-6-8-22-9-7-14/h4-9,12,17,19,24-25H,1-3,10-11,13H2,(H,23,27). The maximum Gasteiger partial charge on any atom is 0.252 e. The van der Waals surface area contributed by atoms with Crippen LogP contribution in [0.5, 0.6) is 0 Å². The first-order chi connectivity index (χ1) is 14.4. The number of aromatic nitrogens is 1. The van der Waals surface area contributed by atoms with Crippen molar-refractivity contribution in [2.24, 2.45) is 0 Å². The van der Waals surface area contributed by atoms with Crippen LogP contribution in [-0.2, 0) is 10.0 Å². The molecule has 10 heteroatoms. The molecule has 4 rings (SSSR count). The monoisotopic (exact) mass is 449 g/mol. The average Bonchev–Trinajstić information content (AvgIpc) is 3.23. The molecule has 2 unspecified atom stereocenters. The van der Waals surface area contributed by atoms with Gasteiger partial charge in [-0.1, -0.05) is 18.0 Å². The summed E-state index contributed by atoms with van der Waals surface area (Å²) in [6.45, 7) is 0.951. The van der Waals surface area contributed by atoms with Gasteiger partial charge in [-0.05, 0) is 48.7 Å². The summed E-state index contributed by atoms with van der Waals surface area (Å²) >= 11 is 6.20. The summed E-state index contributed by atoms with van der Waals surface area (Å²) in [5.41, 5.74) is 7.53. The number of nitrogens with zero attached hydrogens (tertiary/aromatic N) is 2. The predicted molar refractivity (Wildman–Crippen MR) is 113 cm³/mol. The van der Waals surface area contributed by atoms with E-state index < -0.39 is 10.0 Å². The van der Waals surface area contributed by atoms with Crippen molar-refractivity contribution in [3.8, 4) is 0 Å². The minimum absolute atomic E-state index is 0.0223. The topological polar surface area (TPSA) is 103 Å². The van der Waals surface area contributed by atoms with Crippen LogP contribution in [0.2, 0.25) is 5.02 Å². The first-order valence-electron chi connectivity index (χ1n) is 9.97. The zero-order chi connectivity index (χ0) is 21.1.